The molecule has 0 heterocycles. The number of thiocarbonyl (C=S) groups is 1. The maximum atomic E-state index is 11.0. The van der Waals surface area contributed by atoms with Crippen LogP contribution >= 0.6 is 34.8 Å². The number of ether oxygens (including phenoxy) is 2. The number of hydrazone groups is 1. The number of esters is 1. The molecule has 21 heavy (non-hydrogen) atoms. The number of carbonyl (C=O) groups is 1. The third-order valence-corrected chi connectivity index (χ3v) is 3.32. The first-order chi connectivity index (χ1) is 10.1. The van der Waals surface area contributed by atoms with E-state index in [1.54, 1.807) is 12.3 Å². The minimum absolute atomic E-state index is 0.113. The van der Waals surface area contributed by atoms with Crippen LogP contribution in [-0.2, 0) is 9.53 Å². The van der Waals surface area contributed by atoms with E-state index in [1.807, 2.05) is 19.1 Å². The van der Waals surface area contributed by atoms with Crippen LogP contribution in [0.5, 0.6) is 5.75 Å². The van der Waals surface area contributed by atoms with Crippen molar-refractivity contribution in [3.8, 4) is 5.75 Å². The summed E-state index contributed by atoms with van der Waals surface area (Å²) in [5.74, 6) is 0.201. The predicted molar refractivity (Wildman–Crippen MR) is 93.7 cm³/mol. The third-order valence-electron chi connectivity index (χ3n) is 2.25. The number of hydrogen-bond donors (Lipinski definition) is 2. The second-order valence-corrected chi connectivity index (χ2v) is 5.35. The van der Waals surface area contributed by atoms with Crippen LogP contribution in [0.1, 0.15) is 12.5 Å². The fourth-order valence-corrected chi connectivity index (χ4v) is 2.17. The quantitative estimate of drug-likeness (QED) is 0.240. The molecule has 0 bridgehead atoms. The largest absolute Gasteiger partial charge is 0.481 e. The SMILES string of the molecule is CCNC(=S)N/N=C\c1ccc(OCC(=O)OC)c(I)c1. The Bertz CT molecular complexity index is 537. The van der Waals surface area contributed by atoms with Gasteiger partial charge < -0.3 is 14.8 Å². The lowest BCUT2D eigenvalue weighted by molar-refractivity contribution is -0.142. The minimum atomic E-state index is -0.419. The molecule has 6 nitrogen and oxygen atoms in total. The van der Waals surface area contributed by atoms with E-state index in [0.29, 0.717) is 10.9 Å². The highest BCUT2D eigenvalue weighted by atomic mass is 127. The number of benzene rings is 1. The van der Waals surface area contributed by atoms with Crippen molar-refractivity contribution in [2.75, 3.05) is 20.3 Å². The lowest BCUT2D eigenvalue weighted by Gasteiger charge is -2.07. The first kappa shape index (κ1) is 17.6. The molecule has 2 N–H and O–H groups in total. The molecule has 0 saturated carbocycles. The topological polar surface area (TPSA) is 72.0 Å². The highest BCUT2D eigenvalue weighted by molar-refractivity contribution is 14.1. The van der Waals surface area contributed by atoms with E-state index in [9.17, 15) is 4.79 Å². The molecule has 1 aromatic carbocycles. The van der Waals surface area contributed by atoms with E-state index in [4.69, 9.17) is 17.0 Å². The molecule has 1 rings (SSSR count). The monoisotopic (exact) mass is 421 g/mol. The molecular weight excluding hydrogens is 405 g/mol. The lowest BCUT2D eigenvalue weighted by Crippen LogP contribution is -2.31. The molecule has 0 aliphatic heterocycles. The molecule has 0 aliphatic rings. The van der Waals surface area contributed by atoms with Crippen molar-refractivity contribution in [2.45, 2.75) is 6.92 Å². The zero-order valence-electron chi connectivity index (χ0n) is 11.7. The third kappa shape index (κ3) is 6.71. The fraction of sp³-hybridized carbons (Fsp3) is 0.308. The van der Waals surface area contributed by atoms with Crippen LogP contribution in [0.25, 0.3) is 0 Å². The summed E-state index contributed by atoms with van der Waals surface area (Å²) in [7, 11) is 1.32. The smallest absolute Gasteiger partial charge is 0.343 e. The van der Waals surface area contributed by atoms with Crippen LogP contribution in [0.4, 0.5) is 0 Å². The lowest BCUT2D eigenvalue weighted by atomic mass is 10.2. The van der Waals surface area contributed by atoms with Crippen molar-refractivity contribution in [3.63, 3.8) is 0 Å². The second-order valence-electron chi connectivity index (χ2n) is 3.78. The average Bonchev–Trinajstić information content (AvgIpc) is 2.46. The molecule has 0 unspecified atom stereocenters. The average molecular weight is 421 g/mol. The number of hydrogen-bond acceptors (Lipinski definition) is 5. The molecule has 8 heteroatoms. The Morgan fingerprint density at radius 2 is 2.29 bits per heavy atom. The number of methoxy groups -OCH3 is 1. The molecule has 0 spiro atoms. The summed E-state index contributed by atoms with van der Waals surface area (Å²) in [6.07, 6.45) is 1.65. The standard InChI is InChI=1S/C13H16IN3O3S/c1-3-15-13(21)17-16-7-9-4-5-11(10(14)6-9)20-8-12(18)19-2/h4-7H,3,8H2,1-2H3,(H2,15,17,21)/b16-7-. The maximum absolute atomic E-state index is 11.0. The predicted octanol–water partition coefficient (Wildman–Crippen LogP) is 1.66. The molecule has 1 aromatic rings. The van der Waals surface area contributed by atoms with E-state index in [2.05, 4.69) is 43.2 Å². The highest BCUT2D eigenvalue weighted by Gasteiger charge is 2.05. The van der Waals surface area contributed by atoms with Gasteiger partial charge in [-0.2, -0.15) is 5.10 Å². The Morgan fingerprint density at radius 3 is 2.90 bits per heavy atom. The molecule has 0 aliphatic carbocycles. The van der Waals surface area contributed by atoms with Gasteiger partial charge in [-0.25, -0.2) is 4.79 Å². The van der Waals surface area contributed by atoms with Gasteiger partial charge in [0.2, 0.25) is 0 Å². The van der Waals surface area contributed by atoms with Gasteiger partial charge in [0.1, 0.15) is 5.75 Å². The first-order valence-electron chi connectivity index (χ1n) is 6.13. The number of nitrogens with one attached hydrogen (secondary N) is 2. The Kier molecular flexibility index (Phi) is 7.98. The normalized spacial score (nSPS) is 10.2. The Morgan fingerprint density at radius 1 is 1.52 bits per heavy atom. The molecule has 0 aromatic heterocycles. The minimum Gasteiger partial charge on any atom is -0.481 e. The van der Waals surface area contributed by atoms with Crippen molar-refractivity contribution < 1.29 is 14.3 Å². The highest BCUT2D eigenvalue weighted by Crippen LogP contribution is 2.21. The number of nitrogens with zero attached hydrogens (tertiary/aromatic N) is 1. The molecule has 0 atom stereocenters. The number of halogens is 1. The summed E-state index contributed by atoms with van der Waals surface area (Å²) in [4.78, 5) is 11.0. The first-order valence-corrected chi connectivity index (χ1v) is 7.61. The van der Waals surface area contributed by atoms with Gasteiger partial charge >= 0.3 is 5.97 Å². The zero-order chi connectivity index (χ0) is 15.7. The van der Waals surface area contributed by atoms with Gasteiger partial charge in [0.15, 0.2) is 11.7 Å². The van der Waals surface area contributed by atoms with Gasteiger partial charge in [0.05, 0.1) is 16.9 Å². The van der Waals surface area contributed by atoms with E-state index < -0.39 is 5.97 Å². The van der Waals surface area contributed by atoms with Gasteiger partial charge in [-0.05, 0) is 65.5 Å². The maximum Gasteiger partial charge on any atom is 0.343 e. The summed E-state index contributed by atoms with van der Waals surface area (Å²) in [6.45, 7) is 2.58. The van der Waals surface area contributed by atoms with Gasteiger partial charge in [0.25, 0.3) is 0 Å². The van der Waals surface area contributed by atoms with Gasteiger partial charge in [0, 0.05) is 6.54 Å². The van der Waals surface area contributed by atoms with Crippen molar-refractivity contribution in [2.24, 2.45) is 5.10 Å². The van der Waals surface area contributed by atoms with E-state index in [1.165, 1.54) is 7.11 Å². The summed E-state index contributed by atoms with van der Waals surface area (Å²) in [5, 5.41) is 7.42. The summed E-state index contributed by atoms with van der Waals surface area (Å²) in [5.41, 5.74) is 3.59. The summed E-state index contributed by atoms with van der Waals surface area (Å²) in [6, 6.07) is 5.49. The van der Waals surface area contributed by atoms with Crippen LogP contribution in [0, 0.1) is 3.57 Å². The van der Waals surface area contributed by atoms with Crippen molar-refractivity contribution in [1.82, 2.24) is 10.7 Å². The van der Waals surface area contributed by atoms with Crippen LogP contribution in [0.3, 0.4) is 0 Å². The van der Waals surface area contributed by atoms with E-state index >= 15 is 0 Å². The zero-order valence-corrected chi connectivity index (χ0v) is 14.7. The van der Waals surface area contributed by atoms with Gasteiger partial charge in [-0.1, -0.05) is 0 Å². The number of rotatable bonds is 6. The molecular formula is C13H16IN3O3S. The van der Waals surface area contributed by atoms with Crippen LogP contribution in [-0.4, -0.2) is 37.6 Å². The van der Waals surface area contributed by atoms with E-state index in [0.717, 1.165) is 15.7 Å². The Hall–Kier alpha value is -1.42. The summed E-state index contributed by atoms with van der Waals surface area (Å²) >= 11 is 7.11. The number of carbonyl (C=O) groups excluding carboxylic acids is 1. The molecule has 0 radical (unpaired) electrons. The van der Waals surface area contributed by atoms with Gasteiger partial charge in [-0.15, -0.1) is 0 Å². The van der Waals surface area contributed by atoms with Crippen LogP contribution in [0.2, 0.25) is 0 Å². The van der Waals surface area contributed by atoms with Crippen molar-refractivity contribution >= 4 is 52.1 Å². The van der Waals surface area contributed by atoms with Crippen molar-refractivity contribution in [3.05, 3.63) is 27.3 Å². The Balaban J connectivity index is 2.59. The summed E-state index contributed by atoms with van der Waals surface area (Å²) < 4.78 is 10.7. The Labute approximate surface area is 142 Å². The van der Waals surface area contributed by atoms with E-state index in [-0.39, 0.29) is 6.61 Å². The molecule has 114 valence electrons. The fourth-order valence-electron chi connectivity index (χ4n) is 1.28. The molecule has 0 fully saturated rings. The van der Waals surface area contributed by atoms with Gasteiger partial charge in [-0.3, -0.25) is 5.43 Å². The van der Waals surface area contributed by atoms with Crippen LogP contribution < -0.4 is 15.5 Å². The van der Waals surface area contributed by atoms with Crippen molar-refractivity contribution in [1.29, 1.82) is 0 Å². The molecule has 0 saturated heterocycles. The second kappa shape index (κ2) is 9.50. The molecule has 0 amide bonds. The van der Waals surface area contributed by atoms with Crippen LogP contribution in [0.15, 0.2) is 23.3 Å².